The van der Waals surface area contributed by atoms with Crippen LogP contribution in [-0.4, -0.2) is 62.9 Å². The van der Waals surface area contributed by atoms with E-state index in [2.05, 4.69) is 4.18 Å². The Morgan fingerprint density at radius 2 is 1.03 bits per heavy atom. The number of hydrogen-bond acceptors (Lipinski definition) is 3. The SMILES string of the molecule is Cc1ccc(S(=O)(=O)OCC(F)(F)C(F)(F)C(F)(F)C(F)(F)C(F)(F)C(F)(F)C(F)(F)C(F)F)cc1. The molecule has 0 aromatic heterocycles. The van der Waals surface area contributed by atoms with Crippen molar-refractivity contribution in [1.29, 1.82) is 0 Å². The molecule has 0 heterocycles. The van der Waals surface area contributed by atoms with Gasteiger partial charge in [-0.3, -0.25) is 4.18 Å². The predicted molar refractivity (Wildman–Crippen MR) is 84.9 cm³/mol. The lowest BCUT2D eigenvalue weighted by Gasteiger charge is -2.42. The molecule has 0 radical (unpaired) electrons. The maximum absolute atomic E-state index is 13.7. The second kappa shape index (κ2) is 9.09. The smallest absolute Gasteiger partial charge is 0.260 e. The monoisotopic (exact) mass is 586 g/mol. The Kier molecular flexibility index (Phi) is 8.09. The van der Waals surface area contributed by atoms with Crippen molar-refractivity contribution < 1.29 is 82.8 Å². The normalized spacial score (nSPS) is 15.5. The van der Waals surface area contributed by atoms with Gasteiger partial charge in [-0.05, 0) is 19.1 Å². The van der Waals surface area contributed by atoms with Crippen molar-refractivity contribution in [3.8, 4) is 0 Å². The van der Waals surface area contributed by atoms with E-state index in [1.165, 1.54) is 6.92 Å². The van der Waals surface area contributed by atoms with Crippen molar-refractivity contribution in [3.05, 3.63) is 29.8 Å². The molecule has 0 amide bonds. The van der Waals surface area contributed by atoms with E-state index in [9.17, 15) is 78.7 Å². The molecule has 0 aliphatic heterocycles. The van der Waals surface area contributed by atoms with Crippen molar-refractivity contribution in [2.75, 3.05) is 6.61 Å². The average molecular weight is 586 g/mol. The molecule has 1 aromatic carbocycles. The maximum Gasteiger partial charge on any atom is 0.384 e. The van der Waals surface area contributed by atoms with Gasteiger partial charge in [-0.25, -0.2) is 8.78 Å². The highest BCUT2D eigenvalue weighted by molar-refractivity contribution is 7.86. The first-order chi connectivity index (χ1) is 15.6. The first-order valence-corrected chi connectivity index (χ1v) is 9.95. The second-order valence-electron chi connectivity index (χ2n) is 7.03. The first-order valence-electron chi connectivity index (χ1n) is 8.54. The predicted octanol–water partition coefficient (Wildman–Crippen LogP) is 6.41. The molecular weight excluding hydrogens is 576 g/mol. The van der Waals surface area contributed by atoms with Gasteiger partial charge < -0.3 is 0 Å². The van der Waals surface area contributed by atoms with E-state index in [-0.39, 0.29) is 0 Å². The van der Waals surface area contributed by atoms with Gasteiger partial charge in [0, 0.05) is 0 Å². The summed E-state index contributed by atoms with van der Waals surface area (Å²) in [6.07, 6.45) is -5.94. The van der Waals surface area contributed by atoms with Gasteiger partial charge in [-0.15, -0.1) is 0 Å². The minimum absolute atomic E-state index is 0.336. The Morgan fingerprint density at radius 3 is 1.42 bits per heavy atom. The number of benzene rings is 1. The fourth-order valence-corrected chi connectivity index (χ4v) is 3.09. The highest BCUT2D eigenvalue weighted by atomic mass is 32.2. The van der Waals surface area contributed by atoms with Gasteiger partial charge in [0.1, 0.15) is 6.61 Å². The van der Waals surface area contributed by atoms with Crippen LogP contribution >= 0.6 is 0 Å². The zero-order valence-electron chi connectivity index (χ0n) is 16.8. The van der Waals surface area contributed by atoms with Crippen molar-refractivity contribution in [3.63, 3.8) is 0 Å². The van der Waals surface area contributed by atoms with Crippen LogP contribution in [-0.2, 0) is 14.3 Å². The lowest BCUT2D eigenvalue weighted by molar-refractivity contribution is -0.447. The van der Waals surface area contributed by atoms with Gasteiger partial charge in [0.25, 0.3) is 10.1 Å². The summed E-state index contributed by atoms with van der Waals surface area (Å²) in [7, 11) is -5.53. The van der Waals surface area contributed by atoms with E-state index < -0.39 is 69.5 Å². The number of aryl methyl sites for hydroxylation is 1. The van der Waals surface area contributed by atoms with Crippen LogP contribution in [0.3, 0.4) is 0 Å². The van der Waals surface area contributed by atoms with Crippen molar-refractivity contribution in [2.24, 2.45) is 0 Å². The molecule has 0 spiro atoms. The molecule has 0 atom stereocenters. The van der Waals surface area contributed by atoms with Crippen LogP contribution < -0.4 is 0 Å². The molecule has 0 bridgehead atoms. The molecule has 0 aliphatic rings. The molecule has 0 unspecified atom stereocenters. The topological polar surface area (TPSA) is 43.4 Å². The highest BCUT2D eigenvalue weighted by Gasteiger charge is 2.93. The minimum Gasteiger partial charge on any atom is -0.260 e. The molecule has 1 aromatic rings. The Morgan fingerprint density at radius 1 is 0.667 bits per heavy atom. The molecular formula is C16H10F16O3S. The average Bonchev–Trinajstić information content (AvgIpc) is 2.71. The quantitative estimate of drug-likeness (QED) is 0.222. The summed E-state index contributed by atoms with van der Waals surface area (Å²) in [5, 5.41) is 0. The van der Waals surface area contributed by atoms with Crippen molar-refractivity contribution >= 4 is 10.1 Å². The van der Waals surface area contributed by atoms with E-state index in [4.69, 9.17) is 0 Å². The zero-order valence-corrected chi connectivity index (χ0v) is 17.6. The molecule has 0 fully saturated rings. The van der Waals surface area contributed by atoms with Crippen LogP contribution in [0.4, 0.5) is 70.2 Å². The Hall–Kier alpha value is -1.99. The largest absolute Gasteiger partial charge is 0.384 e. The number of rotatable bonds is 11. The third-order valence-corrected chi connectivity index (χ3v) is 5.71. The van der Waals surface area contributed by atoms with E-state index >= 15 is 0 Å². The third kappa shape index (κ3) is 4.69. The first kappa shape index (κ1) is 32.0. The Balaban J connectivity index is 3.44. The maximum atomic E-state index is 13.7. The zero-order chi connectivity index (χ0) is 29.0. The van der Waals surface area contributed by atoms with Gasteiger partial charge in [0.2, 0.25) is 0 Å². The van der Waals surface area contributed by atoms with Gasteiger partial charge in [0.05, 0.1) is 4.90 Å². The molecule has 210 valence electrons. The summed E-state index contributed by atoms with van der Waals surface area (Å²) >= 11 is 0. The number of halogens is 16. The molecule has 3 nitrogen and oxygen atoms in total. The fourth-order valence-electron chi connectivity index (χ4n) is 2.18. The van der Waals surface area contributed by atoms with Crippen LogP contribution in [0.1, 0.15) is 5.56 Å². The van der Waals surface area contributed by atoms with Crippen LogP contribution in [0.2, 0.25) is 0 Å². The highest BCUT2D eigenvalue weighted by Crippen LogP contribution is 2.62. The fraction of sp³-hybridized carbons (Fsp3) is 0.625. The lowest BCUT2D eigenvalue weighted by atomic mass is 9.89. The van der Waals surface area contributed by atoms with E-state index in [0.717, 1.165) is 12.1 Å². The van der Waals surface area contributed by atoms with Crippen molar-refractivity contribution in [2.45, 2.75) is 59.7 Å². The molecule has 20 heteroatoms. The van der Waals surface area contributed by atoms with Crippen molar-refractivity contribution in [1.82, 2.24) is 0 Å². The molecule has 36 heavy (non-hydrogen) atoms. The van der Waals surface area contributed by atoms with Gasteiger partial charge >= 0.3 is 47.9 Å². The Labute approximate surface area is 190 Å². The van der Waals surface area contributed by atoms with Crippen LogP contribution in [0, 0.1) is 6.92 Å². The molecule has 0 aliphatic carbocycles. The third-order valence-electron chi connectivity index (χ3n) is 4.43. The van der Waals surface area contributed by atoms with Crippen LogP contribution in [0.25, 0.3) is 0 Å². The standard InChI is InChI=1S/C16H10F16O3S/c1-7-2-4-8(5-3-7)36(33,34)35-6-10(19,20)12(23,24)14(27,28)16(31,32)15(29,30)13(25,26)11(21,22)9(17)18/h2-5,9H,6H2,1H3. The lowest BCUT2D eigenvalue weighted by Crippen LogP contribution is -2.74. The summed E-state index contributed by atoms with van der Waals surface area (Å²) in [6.45, 7) is -2.11. The molecule has 0 N–H and O–H groups in total. The van der Waals surface area contributed by atoms with Gasteiger partial charge in [-0.1, -0.05) is 17.7 Å². The summed E-state index contributed by atoms with van der Waals surface area (Å²) < 4.78 is 239. The van der Waals surface area contributed by atoms with E-state index in [1.807, 2.05) is 0 Å². The summed E-state index contributed by atoms with van der Waals surface area (Å²) in [4.78, 5) is -1.08. The minimum atomic E-state index is -8.56. The summed E-state index contributed by atoms with van der Waals surface area (Å²) in [5.74, 6) is -56.0. The Bertz CT molecular complexity index is 1030. The molecule has 0 saturated heterocycles. The second-order valence-corrected chi connectivity index (χ2v) is 8.64. The van der Waals surface area contributed by atoms with Crippen LogP contribution in [0.15, 0.2) is 29.2 Å². The molecule has 1 rings (SSSR count). The van der Waals surface area contributed by atoms with Gasteiger partial charge in [-0.2, -0.15) is 69.9 Å². The van der Waals surface area contributed by atoms with Gasteiger partial charge in [0.15, 0.2) is 0 Å². The van der Waals surface area contributed by atoms with E-state index in [0.29, 0.717) is 17.7 Å². The number of alkyl halides is 16. The van der Waals surface area contributed by atoms with E-state index in [1.54, 1.807) is 0 Å². The number of hydrogen-bond donors (Lipinski definition) is 0. The summed E-state index contributed by atoms with van der Waals surface area (Å²) in [6, 6.07) is 3.18. The summed E-state index contributed by atoms with van der Waals surface area (Å²) in [5.41, 5.74) is 0.336. The molecule has 0 saturated carbocycles. The van der Waals surface area contributed by atoms with Crippen LogP contribution in [0.5, 0.6) is 0 Å².